The topological polar surface area (TPSA) is 101 Å². The van der Waals surface area contributed by atoms with Gasteiger partial charge in [0, 0.05) is 0 Å². The monoisotopic (exact) mass is 404 g/mol. The zero-order chi connectivity index (χ0) is 20.8. The lowest BCUT2D eigenvalue weighted by molar-refractivity contribution is 0.377. The first-order chi connectivity index (χ1) is 14.1. The Labute approximate surface area is 171 Å². The number of nitriles is 2. The van der Waals surface area contributed by atoms with Crippen LogP contribution < -0.4 is 15.0 Å². The summed E-state index contributed by atoms with van der Waals surface area (Å²) in [5.41, 5.74) is 0.584. The molecule has 142 valence electrons. The average molecular weight is 405 g/mol. The largest absolute Gasteiger partial charge is 0.493 e. The number of nitrogens with zero attached hydrogens (tertiary/aromatic N) is 4. The Morgan fingerprint density at radius 2 is 1.83 bits per heavy atom. The molecule has 3 aromatic rings. The summed E-state index contributed by atoms with van der Waals surface area (Å²) >= 11 is 6.21. The molecule has 3 rings (SSSR count). The zero-order valence-corrected chi connectivity index (χ0v) is 15.9. The molecular weight excluding hydrogens is 392 g/mol. The van der Waals surface area contributed by atoms with Gasteiger partial charge in [0.25, 0.3) is 5.56 Å². The molecule has 0 N–H and O–H groups in total. The summed E-state index contributed by atoms with van der Waals surface area (Å²) in [6.07, 6.45) is 2.76. The van der Waals surface area contributed by atoms with E-state index in [1.165, 1.54) is 24.1 Å². The summed E-state index contributed by atoms with van der Waals surface area (Å²) in [6, 6.07) is 17.3. The van der Waals surface area contributed by atoms with E-state index in [0.29, 0.717) is 22.7 Å². The lowest BCUT2D eigenvalue weighted by Gasteiger charge is -2.12. The normalized spacial score (nSPS) is 9.79. The lowest BCUT2D eigenvalue weighted by Crippen LogP contribution is -2.21. The van der Waals surface area contributed by atoms with Crippen LogP contribution in [0.15, 0.2) is 65.1 Å². The number of hydrogen-bond donors (Lipinski definition) is 0. The molecule has 0 aliphatic carbocycles. The zero-order valence-electron chi connectivity index (χ0n) is 15.2. The molecule has 0 unspecified atom stereocenters. The second kappa shape index (κ2) is 8.75. The highest BCUT2D eigenvalue weighted by Crippen LogP contribution is 2.34. The Hall–Kier alpha value is -4.07. The highest BCUT2D eigenvalue weighted by Gasteiger charge is 2.15. The van der Waals surface area contributed by atoms with Crippen molar-refractivity contribution in [1.82, 2.24) is 9.78 Å². The van der Waals surface area contributed by atoms with Gasteiger partial charge in [-0.3, -0.25) is 4.79 Å². The minimum absolute atomic E-state index is 0.0440. The van der Waals surface area contributed by atoms with E-state index in [1.54, 1.807) is 54.6 Å². The van der Waals surface area contributed by atoms with Gasteiger partial charge in [0.2, 0.25) is 0 Å². The number of methoxy groups -OCH3 is 1. The van der Waals surface area contributed by atoms with Gasteiger partial charge in [-0.2, -0.15) is 20.3 Å². The Morgan fingerprint density at radius 3 is 2.48 bits per heavy atom. The Morgan fingerprint density at radius 1 is 1.10 bits per heavy atom. The Kier molecular flexibility index (Phi) is 5.94. The van der Waals surface area contributed by atoms with Gasteiger partial charge in [0.05, 0.1) is 19.0 Å². The number of benzene rings is 2. The molecule has 0 bridgehead atoms. The van der Waals surface area contributed by atoms with Crippen molar-refractivity contribution in [3.05, 3.63) is 81.2 Å². The van der Waals surface area contributed by atoms with Crippen molar-refractivity contribution in [3.63, 3.8) is 0 Å². The van der Waals surface area contributed by atoms with E-state index in [0.717, 1.165) is 0 Å². The highest BCUT2D eigenvalue weighted by atomic mass is 35.5. The third-order valence-corrected chi connectivity index (χ3v) is 4.20. The second-order valence-electron chi connectivity index (χ2n) is 5.67. The number of aromatic nitrogens is 2. The second-order valence-corrected chi connectivity index (χ2v) is 6.05. The smallest absolute Gasteiger partial charge is 0.294 e. The van der Waals surface area contributed by atoms with E-state index >= 15 is 0 Å². The minimum atomic E-state index is -0.526. The highest BCUT2D eigenvalue weighted by molar-refractivity contribution is 6.31. The summed E-state index contributed by atoms with van der Waals surface area (Å²) in [6.45, 7) is 0. The quantitative estimate of drug-likeness (QED) is 0.593. The first kappa shape index (κ1) is 19.7. The molecule has 0 saturated carbocycles. The van der Waals surface area contributed by atoms with Crippen molar-refractivity contribution in [2.24, 2.45) is 0 Å². The number of ether oxygens (including phenoxy) is 2. The number of rotatable bonds is 5. The van der Waals surface area contributed by atoms with Crippen molar-refractivity contribution in [2.45, 2.75) is 0 Å². The van der Waals surface area contributed by atoms with Gasteiger partial charge < -0.3 is 9.47 Å². The fourth-order valence-electron chi connectivity index (χ4n) is 2.47. The van der Waals surface area contributed by atoms with Gasteiger partial charge in [0.15, 0.2) is 22.3 Å². The van der Waals surface area contributed by atoms with Crippen molar-refractivity contribution in [2.75, 3.05) is 7.11 Å². The molecule has 8 heteroatoms. The molecule has 1 heterocycles. The van der Waals surface area contributed by atoms with Gasteiger partial charge >= 0.3 is 0 Å². The number of hydrogen-bond acceptors (Lipinski definition) is 6. The van der Waals surface area contributed by atoms with Crippen LogP contribution in [0.1, 0.15) is 5.56 Å². The average Bonchev–Trinajstić information content (AvgIpc) is 2.76. The van der Waals surface area contributed by atoms with Gasteiger partial charge in [-0.1, -0.05) is 35.9 Å². The molecule has 1 aromatic heterocycles. The maximum atomic E-state index is 12.6. The summed E-state index contributed by atoms with van der Waals surface area (Å²) in [5, 5.41) is 21.7. The van der Waals surface area contributed by atoms with Crippen LogP contribution in [0.25, 0.3) is 11.8 Å². The van der Waals surface area contributed by atoms with Gasteiger partial charge in [-0.25, -0.2) is 0 Å². The molecule has 29 heavy (non-hydrogen) atoms. The van der Waals surface area contributed by atoms with Crippen LogP contribution in [0.3, 0.4) is 0 Å². The van der Waals surface area contributed by atoms with Gasteiger partial charge in [-0.05, 0) is 35.9 Å². The molecule has 0 atom stereocenters. The van der Waals surface area contributed by atoms with Crippen molar-refractivity contribution in [3.8, 4) is 35.1 Å². The van der Waals surface area contributed by atoms with Crippen molar-refractivity contribution in [1.29, 1.82) is 10.5 Å². The van der Waals surface area contributed by atoms with Crippen molar-refractivity contribution >= 4 is 17.7 Å². The summed E-state index contributed by atoms with van der Waals surface area (Å²) in [7, 11) is 1.44. The fraction of sp³-hybridized carbons (Fsp3) is 0.0476. The molecule has 0 aliphatic rings. The first-order valence-electron chi connectivity index (χ1n) is 8.28. The molecule has 0 radical (unpaired) electrons. The maximum absolute atomic E-state index is 12.6. The van der Waals surface area contributed by atoms with E-state index in [1.807, 2.05) is 6.07 Å². The van der Waals surface area contributed by atoms with Crippen molar-refractivity contribution < 1.29 is 9.47 Å². The fourth-order valence-corrected chi connectivity index (χ4v) is 2.64. The molecular formula is C21H13ClN4O3. The minimum Gasteiger partial charge on any atom is -0.493 e. The molecule has 0 amide bonds. The van der Waals surface area contributed by atoms with Crippen LogP contribution in [-0.2, 0) is 0 Å². The van der Waals surface area contributed by atoms with E-state index in [4.69, 9.17) is 31.6 Å². The number of halogens is 1. The number of allylic oxidation sites excluding steroid dienone is 1. The van der Waals surface area contributed by atoms with Crippen LogP contribution in [0.4, 0.5) is 0 Å². The number of para-hydroxylation sites is 1. The third kappa shape index (κ3) is 4.27. The predicted molar refractivity (Wildman–Crippen MR) is 107 cm³/mol. The van der Waals surface area contributed by atoms with E-state index in [9.17, 15) is 4.79 Å². The van der Waals surface area contributed by atoms with E-state index < -0.39 is 5.56 Å². The van der Waals surface area contributed by atoms with Gasteiger partial charge in [-0.15, -0.1) is 0 Å². The summed E-state index contributed by atoms with van der Waals surface area (Å²) in [4.78, 5) is 12.6. The molecule has 0 aliphatic heterocycles. The molecule has 7 nitrogen and oxygen atoms in total. The van der Waals surface area contributed by atoms with Gasteiger partial charge in [0.1, 0.15) is 17.7 Å². The lowest BCUT2D eigenvalue weighted by atomic mass is 10.1. The molecule has 0 saturated heterocycles. The SMILES string of the molecule is COc1cc(C=C(C#N)C#N)ccc1Oc1cnn(-c2ccccc2)c(=O)c1Cl. The van der Waals surface area contributed by atoms with Crippen LogP contribution in [0, 0.1) is 22.7 Å². The Bertz CT molecular complexity index is 1210. The van der Waals surface area contributed by atoms with Crippen LogP contribution >= 0.6 is 11.6 Å². The predicted octanol–water partition coefficient (Wildman–Crippen LogP) is 4.12. The molecule has 2 aromatic carbocycles. The summed E-state index contributed by atoms with van der Waals surface area (Å²) in [5.74, 6) is 0.693. The van der Waals surface area contributed by atoms with Crippen LogP contribution in [-0.4, -0.2) is 16.9 Å². The standard InChI is InChI=1S/C21H13ClN4O3/c1-28-18-10-14(9-15(11-23)12-24)7-8-17(18)29-19-13-25-26(21(27)20(19)22)16-5-3-2-4-6-16/h2-10,13H,1H3. The molecule has 0 spiro atoms. The first-order valence-corrected chi connectivity index (χ1v) is 8.66. The van der Waals surface area contributed by atoms with E-state index in [2.05, 4.69) is 5.10 Å². The van der Waals surface area contributed by atoms with Crippen LogP contribution in [0.2, 0.25) is 5.02 Å². The van der Waals surface area contributed by atoms with Crippen LogP contribution in [0.5, 0.6) is 17.2 Å². The van der Waals surface area contributed by atoms with E-state index in [-0.39, 0.29) is 16.3 Å². The third-order valence-electron chi connectivity index (χ3n) is 3.85. The molecule has 0 fully saturated rings. The maximum Gasteiger partial charge on any atom is 0.294 e. The Balaban J connectivity index is 1.95. The summed E-state index contributed by atoms with van der Waals surface area (Å²) < 4.78 is 12.2.